The van der Waals surface area contributed by atoms with Crippen molar-refractivity contribution in [2.24, 2.45) is 0 Å². The van der Waals surface area contributed by atoms with E-state index in [1.54, 1.807) is 0 Å². The van der Waals surface area contributed by atoms with Gasteiger partial charge in [-0.05, 0) is 96.3 Å². The van der Waals surface area contributed by atoms with E-state index in [9.17, 15) is 14.4 Å². The van der Waals surface area contributed by atoms with Gasteiger partial charge in [0.05, 0.1) is 0 Å². The Hall–Kier alpha value is -2.63. The fraction of sp³-hybridized carbons (Fsp3) is 0.792. The first-order valence-electron chi connectivity index (χ1n) is 25.1. The minimum absolute atomic E-state index is 0.0828. The maximum atomic E-state index is 12.8. The van der Waals surface area contributed by atoms with E-state index in [1.165, 1.54) is 116 Å². The van der Waals surface area contributed by atoms with Crippen LogP contribution in [0, 0.1) is 0 Å². The quantitative estimate of drug-likeness (QED) is 0.0263. The fourth-order valence-electron chi connectivity index (χ4n) is 6.94. The van der Waals surface area contributed by atoms with Crippen LogP contribution >= 0.6 is 0 Å². The van der Waals surface area contributed by atoms with Crippen LogP contribution in [0.1, 0.15) is 252 Å². The van der Waals surface area contributed by atoms with Gasteiger partial charge in [-0.2, -0.15) is 0 Å². The Morgan fingerprint density at radius 2 is 0.644 bits per heavy atom. The zero-order valence-corrected chi connectivity index (χ0v) is 39.0. The topological polar surface area (TPSA) is 78.9 Å². The highest BCUT2D eigenvalue weighted by atomic mass is 16.6. The van der Waals surface area contributed by atoms with Gasteiger partial charge < -0.3 is 14.2 Å². The van der Waals surface area contributed by atoms with Crippen molar-refractivity contribution in [3.05, 3.63) is 48.6 Å². The highest BCUT2D eigenvalue weighted by Gasteiger charge is 2.19. The lowest BCUT2D eigenvalue weighted by molar-refractivity contribution is -0.167. The van der Waals surface area contributed by atoms with Gasteiger partial charge in [0, 0.05) is 19.3 Å². The molecule has 6 nitrogen and oxygen atoms in total. The maximum Gasteiger partial charge on any atom is 0.306 e. The number of carbonyl (C=O) groups excluding carboxylic acids is 3. The SMILES string of the molecule is CCC/C=C\CCCCCCCC(=O)OCC(COC(=O)CCCCCCCCC/C=C\C/C=C\CCCCC)OC(=O)CCCCCCC/C=C\CCCCCCC. The summed E-state index contributed by atoms with van der Waals surface area (Å²) in [6.45, 7) is 6.52. The van der Waals surface area contributed by atoms with E-state index < -0.39 is 6.10 Å². The molecule has 0 aromatic heterocycles. The number of unbranched alkanes of at least 4 members (excludes halogenated alkanes) is 26. The van der Waals surface area contributed by atoms with E-state index in [2.05, 4.69) is 69.4 Å². The van der Waals surface area contributed by atoms with Crippen LogP contribution in [0.15, 0.2) is 48.6 Å². The second kappa shape index (κ2) is 48.0. The van der Waals surface area contributed by atoms with Crippen LogP contribution in [0.2, 0.25) is 0 Å². The van der Waals surface area contributed by atoms with Crippen LogP contribution in [0.5, 0.6) is 0 Å². The normalized spacial score (nSPS) is 12.4. The third-order valence-electron chi connectivity index (χ3n) is 10.8. The lowest BCUT2D eigenvalue weighted by Crippen LogP contribution is -2.30. The molecule has 6 heteroatoms. The van der Waals surface area contributed by atoms with Crippen LogP contribution in [0.25, 0.3) is 0 Å². The van der Waals surface area contributed by atoms with Crippen molar-refractivity contribution >= 4 is 17.9 Å². The minimum Gasteiger partial charge on any atom is -0.462 e. The lowest BCUT2D eigenvalue weighted by atomic mass is 10.1. The third-order valence-corrected chi connectivity index (χ3v) is 10.8. The van der Waals surface area contributed by atoms with Gasteiger partial charge >= 0.3 is 17.9 Å². The second-order valence-electron chi connectivity index (χ2n) is 16.7. The van der Waals surface area contributed by atoms with Crippen molar-refractivity contribution < 1.29 is 28.6 Å². The van der Waals surface area contributed by atoms with Crippen molar-refractivity contribution in [1.82, 2.24) is 0 Å². The summed E-state index contributed by atoms with van der Waals surface area (Å²) in [5.41, 5.74) is 0. The average molecular weight is 827 g/mol. The van der Waals surface area contributed by atoms with E-state index in [1.807, 2.05) is 0 Å². The standard InChI is InChI=1S/C53H94O6/c1-4-7-10-13-16-19-22-24-26-27-28-30-31-34-37-40-43-46-52(55)58-49-50(48-57-51(54)45-42-39-36-33-21-18-15-12-9-6-3)59-53(56)47-44-41-38-35-32-29-25-23-20-17-14-11-8-5-2/h12,15-16,19,23-26,50H,4-11,13-14,17-18,20-22,27-49H2,1-3H3/b15-12-,19-16-,25-23-,26-24-. The van der Waals surface area contributed by atoms with Gasteiger partial charge in [0.25, 0.3) is 0 Å². The molecule has 0 amide bonds. The highest BCUT2D eigenvalue weighted by Crippen LogP contribution is 2.14. The molecule has 59 heavy (non-hydrogen) atoms. The summed E-state index contributed by atoms with van der Waals surface area (Å²) in [4.78, 5) is 37.9. The van der Waals surface area contributed by atoms with Crippen molar-refractivity contribution in [1.29, 1.82) is 0 Å². The van der Waals surface area contributed by atoms with Gasteiger partial charge in [0.15, 0.2) is 6.10 Å². The summed E-state index contributed by atoms with van der Waals surface area (Å²) >= 11 is 0. The Kier molecular flexibility index (Phi) is 45.9. The summed E-state index contributed by atoms with van der Waals surface area (Å²) in [7, 11) is 0. The van der Waals surface area contributed by atoms with Gasteiger partial charge in [0.1, 0.15) is 13.2 Å². The van der Waals surface area contributed by atoms with E-state index in [0.29, 0.717) is 19.3 Å². The molecular formula is C53H94O6. The summed E-state index contributed by atoms with van der Waals surface area (Å²) in [5, 5.41) is 0. The molecule has 0 spiro atoms. The molecular weight excluding hydrogens is 733 g/mol. The van der Waals surface area contributed by atoms with Crippen molar-refractivity contribution in [2.45, 2.75) is 258 Å². The average Bonchev–Trinajstić information content (AvgIpc) is 3.23. The smallest absolute Gasteiger partial charge is 0.306 e. The monoisotopic (exact) mass is 827 g/mol. The first kappa shape index (κ1) is 56.4. The van der Waals surface area contributed by atoms with Crippen molar-refractivity contribution in [3.63, 3.8) is 0 Å². The molecule has 0 rings (SSSR count). The van der Waals surface area contributed by atoms with Crippen LogP contribution in [-0.2, 0) is 28.6 Å². The molecule has 0 aromatic carbocycles. The number of esters is 3. The molecule has 0 saturated carbocycles. The van der Waals surface area contributed by atoms with Gasteiger partial charge in [-0.25, -0.2) is 0 Å². The fourth-order valence-corrected chi connectivity index (χ4v) is 6.94. The molecule has 0 aliphatic rings. The summed E-state index contributed by atoms with van der Waals surface area (Å²) in [5.74, 6) is -0.906. The third kappa shape index (κ3) is 46.3. The number of hydrogen-bond donors (Lipinski definition) is 0. The largest absolute Gasteiger partial charge is 0.462 e. The summed E-state index contributed by atoms with van der Waals surface area (Å²) in [6.07, 6.45) is 56.6. The Morgan fingerprint density at radius 1 is 0.339 bits per heavy atom. The first-order chi connectivity index (χ1) is 29.0. The number of hydrogen-bond acceptors (Lipinski definition) is 6. The molecule has 1 unspecified atom stereocenters. The molecule has 0 fully saturated rings. The number of rotatable bonds is 45. The molecule has 0 heterocycles. The molecule has 342 valence electrons. The molecule has 1 atom stereocenters. The second-order valence-corrected chi connectivity index (χ2v) is 16.7. The Labute approximate surface area is 365 Å². The van der Waals surface area contributed by atoms with Crippen molar-refractivity contribution in [3.8, 4) is 0 Å². The zero-order valence-electron chi connectivity index (χ0n) is 39.0. The molecule has 0 aromatic rings. The zero-order chi connectivity index (χ0) is 43.0. The van der Waals surface area contributed by atoms with Crippen LogP contribution in [0.4, 0.5) is 0 Å². The predicted octanol–water partition coefficient (Wildman–Crippen LogP) is 16.3. The maximum absolute atomic E-state index is 12.8. The van der Waals surface area contributed by atoms with E-state index in [0.717, 1.165) is 96.3 Å². The molecule has 0 N–H and O–H groups in total. The Bertz CT molecular complexity index is 1040. The number of allylic oxidation sites excluding steroid dienone is 8. The highest BCUT2D eigenvalue weighted by molar-refractivity contribution is 5.71. The lowest BCUT2D eigenvalue weighted by Gasteiger charge is -2.18. The van der Waals surface area contributed by atoms with E-state index >= 15 is 0 Å². The van der Waals surface area contributed by atoms with Gasteiger partial charge in [0.2, 0.25) is 0 Å². The number of ether oxygens (including phenoxy) is 3. The molecule has 0 aliphatic heterocycles. The summed E-state index contributed by atoms with van der Waals surface area (Å²) in [6, 6.07) is 0. The molecule has 0 radical (unpaired) electrons. The van der Waals surface area contributed by atoms with Crippen LogP contribution in [0.3, 0.4) is 0 Å². The van der Waals surface area contributed by atoms with Crippen molar-refractivity contribution in [2.75, 3.05) is 13.2 Å². The van der Waals surface area contributed by atoms with Gasteiger partial charge in [-0.3, -0.25) is 14.4 Å². The molecule has 0 bridgehead atoms. The van der Waals surface area contributed by atoms with Gasteiger partial charge in [-0.15, -0.1) is 0 Å². The number of carbonyl (C=O) groups is 3. The summed E-state index contributed by atoms with van der Waals surface area (Å²) < 4.78 is 16.7. The Morgan fingerprint density at radius 3 is 1.05 bits per heavy atom. The van der Waals surface area contributed by atoms with E-state index in [4.69, 9.17) is 14.2 Å². The molecule has 0 saturated heterocycles. The van der Waals surface area contributed by atoms with Gasteiger partial charge in [-0.1, -0.05) is 185 Å². The predicted molar refractivity (Wildman–Crippen MR) is 252 cm³/mol. The Balaban J connectivity index is 4.36. The first-order valence-corrected chi connectivity index (χ1v) is 25.1. The van der Waals surface area contributed by atoms with Crippen LogP contribution < -0.4 is 0 Å². The van der Waals surface area contributed by atoms with Crippen LogP contribution in [-0.4, -0.2) is 37.2 Å². The molecule has 0 aliphatic carbocycles. The van der Waals surface area contributed by atoms with E-state index in [-0.39, 0.29) is 31.1 Å². The minimum atomic E-state index is -0.781.